The zero-order valence-corrected chi connectivity index (χ0v) is 8.66. The molecule has 2 heterocycles. The van der Waals surface area contributed by atoms with Crippen LogP contribution in [0, 0.1) is 5.41 Å². The summed E-state index contributed by atoms with van der Waals surface area (Å²) in [6, 6.07) is 0. The van der Waals surface area contributed by atoms with Crippen molar-refractivity contribution in [1.29, 1.82) is 5.41 Å². The van der Waals surface area contributed by atoms with Crippen molar-refractivity contribution in [3.05, 3.63) is 48.0 Å². The molecule has 2 aliphatic heterocycles. The minimum atomic E-state index is -1.27. The average Bonchev–Trinajstić information content (AvgIpc) is 2.30. The fraction of sp³-hybridized carbons (Fsp3) is 0. The topological polar surface area (TPSA) is 97.0 Å². The third kappa shape index (κ3) is 2.06. The van der Waals surface area contributed by atoms with E-state index in [9.17, 15) is 10.0 Å². The van der Waals surface area contributed by atoms with Crippen molar-refractivity contribution in [2.45, 2.75) is 0 Å². The molecule has 6 nitrogen and oxygen atoms in total. The van der Waals surface area contributed by atoms with Crippen LogP contribution in [0.25, 0.3) is 0 Å². The summed E-state index contributed by atoms with van der Waals surface area (Å²) in [5, 5.41) is 26.6. The summed E-state index contributed by atoms with van der Waals surface area (Å²) >= 11 is 0. The molecule has 0 aromatic carbocycles. The molecule has 6 heteroatoms. The van der Waals surface area contributed by atoms with Gasteiger partial charge >= 0.3 is 5.97 Å². The Morgan fingerprint density at radius 1 is 1.29 bits per heavy atom. The first kappa shape index (κ1) is 11.0. The number of rotatable bonds is 1. The van der Waals surface area contributed by atoms with Gasteiger partial charge in [-0.25, -0.2) is 14.9 Å². The molecule has 0 fully saturated rings. The maximum absolute atomic E-state index is 10.8. The highest BCUT2D eigenvalue weighted by molar-refractivity contribution is 6.67. The van der Waals surface area contributed by atoms with Gasteiger partial charge in [0.1, 0.15) is 0 Å². The van der Waals surface area contributed by atoms with Gasteiger partial charge in [0, 0.05) is 6.20 Å². The number of dihydropyridines is 1. The van der Waals surface area contributed by atoms with E-state index in [1.807, 2.05) is 0 Å². The van der Waals surface area contributed by atoms with E-state index in [0.717, 1.165) is 5.06 Å². The van der Waals surface area contributed by atoms with Crippen molar-refractivity contribution in [3.8, 4) is 0 Å². The summed E-state index contributed by atoms with van der Waals surface area (Å²) in [7, 11) is 0. The van der Waals surface area contributed by atoms with Gasteiger partial charge in [-0.3, -0.25) is 10.6 Å². The standard InChI is InChI=1S/C11H9N3O3/c12-7-4-5-8(13-10(7)11(15)16)9-3-1-2-6-14(9)17/h1-6,12,17H,(H,15,16). The summed E-state index contributed by atoms with van der Waals surface area (Å²) < 4.78 is 0. The Morgan fingerprint density at radius 2 is 2.06 bits per heavy atom. The molecule has 86 valence electrons. The Bertz CT molecular complexity index is 538. The third-order valence-electron chi connectivity index (χ3n) is 2.20. The number of hydroxylamine groups is 2. The second-order valence-electron chi connectivity index (χ2n) is 3.33. The van der Waals surface area contributed by atoms with Crippen LogP contribution in [0.1, 0.15) is 0 Å². The number of carbonyl (C=O) groups is 1. The van der Waals surface area contributed by atoms with Gasteiger partial charge in [-0.15, -0.1) is 0 Å². The van der Waals surface area contributed by atoms with Crippen LogP contribution < -0.4 is 0 Å². The normalized spacial score (nSPS) is 23.0. The van der Waals surface area contributed by atoms with Crippen LogP contribution in [0.5, 0.6) is 0 Å². The largest absolute Gasteiger partial charge is 0.476 e. The minimum absolute atomic E-state index is 0.165. The Hall–Kier alpha value is -2.47. The number of carboxylic acid groups (broad SMARTS) is 1. The molecule has 0 saturated carbocycles. The van der Waals surface area contributed by atoms with Gasteiger partial charge in [0.05, 0.1) is 17.1 Å². The molecule has 3 N–H and O–H groups in total. The number of nitrogens with one attached hydrogen (secondary N) is 1. The predicted octanol–water partition coefficient (Wildman–Crippen LogP) is 1.09. The Labute approximate surface area is 96.7 Å². The number of aliphatic imine (C=N–C) groups is 1. The number of carboxylic acids is 1. The lowest BCUT2D eigenvalue weighted by atomic mass is 10.1. The van der Waals surface area contributed by atoms with Crippen LogP contribution >= 0.6 is 0 Å². The average molecular weight is 231 g/mol. The number of allylic oxidation sites excluding steroid dienone is 5. The highest BCUT2D eigenvalue weighted by Crippen LogP contribution is 2.19. The maximum Gasteiger partial charge on any atom is 0.356 e. The molecular weight excluding hydrogens is 222 g/mol. The summed E-state index contributed by atoms with van der Waals surface area (Å²) in [6.07, 6.45) is 9.14. The molecule has 0 aromatic rings. The number of hydrogen-bond acceptors (Lipinski definition) is 5. The number of nitrogens with zero attached hydrogens (tertiary/aromatic N) is 2. The summed E-state index contributed by atoms with van der Waals surface area (Å²) in [5.41, 5.74) is 0.143. The van der Waals surface area contributed by atoms with Crippen LogP contribution in [0.4, 0.5) is 0 Å². The van der Waals surface area contributed by atoms with Gasteiger partial charge in [0.25, 0.3) is 0 Å². The van der Waals surface area contributed by atoms with E-state index in [1.165, 1.54) is 18.4 Å². The van der Waals surface area contributed by atoms with Crippen molar-refractivity contribution in [2.75, 3.05) is 0 Å². The van der Waals surface area contributed by atoms with Crippen molar-refractivity contribution in [1.82, 2.24) is 5.06 Å². The molecule has 17 heavy (non-hydrogen) atoms. The van der Waals surface area contributed by atoms with E-state index in [4.69, 9.17) is 10.5 Å². The maximum atomic E-state index is 10.8. The van der Waals surface area contributed by atoms with Crippen molar-refractivity contribution in [3.63, 3.8) is 0 Å². The molecule has 0 saturated heterocycles. The lowest BCUT2D eigenvalue weighted by Crippen LogP contribution is -2.24. The first-order chi connectivity index (χ1) is 8.09. The minimum Gasteiger partial charge on any atom is -0.476 e. The molecular formula is C11H9N3O3. The lowest BCUT2D eigenvalue weighted by Gasteiger charge is -2.18. The van der Waals surface area contributed by atoms with Crippen LogP contribution in [-0.4, -0.2) is 32.8 Å². The smallest absolute Gasteiger partial charge is 0.356 e. The number of aliphatic carboxylic acids is 1. The van der Waals surface area contributed by atoms with E-state index in [1.54, 1.807) is 18.2 Å². The Morgan fingerprint density at radius 3 is 2.71 bits per heavy atom. The van der Waals surface area contributed by atoms with E-state index >= 15 is 0 Å². The van der Waals surface area contributed by atoms with Crippen LogP contribution in [0.3, 0.4) is 0 Å². The summed E-state index contributed by atoms with van der Waals surface area (Å²) in [6.45, 7) is 0. The quantitative estimate of drug-likeness (QED) is 0.629. The summed E-state index contributed by atoms with van der Waals surface area (Å²) in [5.74, 6) is -1.27. The highest BCUT2D eigenvalue weighted by Gasteiger charge is 2.20. The van der Waals surface area contributed by atoms with E-state index in [2.05, 4.69) is 4.99 Å². The molecule has 0 amide bonds. The molecule has 2 aliphatic rings. The molecule has 0 unspecified atom stereocenters. The predicted molar refractivity (Wildman–Crippen MR) is 60.9 cm³/mol. The van der Waals surface area contributed by atoms with E-state index in [-0.39, 0.29) is 11.4 Å². The van der Waals surface area contributed by atoms with Gasteiger partial charge in [0.2, 0.25) is 0 Å². The SMILES string of the molecule is N=C1C=CC(=C2C=CC=CN2O)N=C1C(=O)O. The Kier molecular flexibility index (Phi) is 2.71. The highest BCUT2D eigenvalue weighted by atomic mass is 16.5. The molecule has 0 aliphatic carbocycles. The second-order valence-corrected chi connectivity index (χ2v) is 3.33. The van der Waals surface area contributed by atoms with Gasteiger partial charge in [-0.05, 0) is 24.3 Å². The van der Waals surface area contributed by atoms with Crippen LogP contribution in [0.2, 0.25) is 0 Å². The van der Waals surface area contributed by atoms with Gasteiger partial charge in [-0.1, -0.05) is 6.08 Å². The molecule has 0 bridgehead atoms. The molecule has 2 rings (SSSR count). The zero-order valence-electron chi connectivity index (χ0n) is 8.66. The first-order valence-corrected chi connectivity index (χ1v) is 4.76. The van der Waals surface area contributed by atoms with E-state index in [0.29, 0.717) is 11.4 Å². The second kappa shape index (κ2) is 4.18. The molecule has 0 radical (unpaired) electrons. The van der Waals surface area contributed by atoms with Crippen molar-refractivity contribution >= 4 is 17.4 Å². The van der Waals surface area contributed by atoms with Gasteiger partial charge < -0.3 is 5.11 Å². The number of hydrogen-bond donors (Lipinski definition) is 3. The van der Waals surface area contributed by atoms with Crippen molar-refractivity contribution < 1.29 is 15.1 Å². The lowest BCUT2D eigenvalue weighted by molar-refractivity contribution is -0.129. The van der Waals surface area contributed by atoms with Gasteiger partial charge in [0.15, 0.2) is 5.71 Å². The van der Waals surface area contributed by atoms with Crippen molar-refractivity contribution in [2.24, 2.45) is 4.99 Å². The fourth-order valence-electron chi connectivity index (χ4n) is 1.40. The monoisotopic (exact) mass is 231 g/mol. The molecule has 0 atom stereocenters. The fourth-order valence-corrected chi connectivity index (χ4v) is 1.40. The zero-order chi connectivity index (χ0) is 12.4. The summed E-state index contributed by atoms with van der Waals surface area (Å²) in [4.78, 5) is 14.7. The van der Waals surface area contributed by atoms with Gasteiger partial charge in [-0.2, -0.15) is 0 Å². The van der Waals surface area contributed by atoms with Crippen LogP contribution in [-0.2, 0) is 4.79 Å². The van der Waals surface area contributed by atoms with Crippen LogP contribution in [0.15, 0.2) is 53.0 Å². The third-order valence-corrected chi connectivity index (χ3v) is 2.20. The molecule has 0 aromatic heterocycles. The first-order valence-electron chi connectivity index (χ1n) is 4.76. The molecule has 0 spiro atoms. The van der Waals surface area contributed by atoms with E-state index < -0.39 is 5.97 Å². The Balaban J connectivity index is 2.47.